The van der Waals surface area contributed by atoms with Crippen molar-refractivity contribution in [1.29, 1.82) is 0 Å². The Labute approximate surface area is 127 Å². The van der Waals surface area contributed by atoms with Crippen LogP contribution in [0.15, 0.2) is 0 Å². The lowest BCUT2D eigenvalue weighted by atomic mass is 9.86. The number of amides is 2. The summed E-state index contributed by atoms with van der Waals surface area (Å²) in [5, 5.41) is 2.90. The summed E-state index contributed by atoms with van der Waals surface area (Å²) in [5.41, 5.74) is -0.257. The number of nitrogens with one attached hydrogen (secondary N) is 1. The van der Waals surface area contributed by atoms with Gasteiger partial charge in [0.1, 0.15) is 6.04 Å². The van der Waals surface area contributed by atoms with E-state index in [-0.39, 0.29) is 23.3 Å². The van der Waals surface area contributed by atoms with Crippen LogP contribution >= 0.6 is 11.8 Å². The molecule has 116 valence electrons. The number of carbonyl (C=O) groups is 2. The standard InChI is InChI=1S/C15H28N2O2S/c1-6-20-9-7-8-17-11(2)10-12(18)16-13(14(17)19)15(3,4)5/h11,13H,6-10H2,1-5H3,(H,16,18). The minimum Gasteiger partial charge on any atom is -0.344 e. The van der Waals surface area contributed by atoms with Crippen molar-refractivity contribution in [2.45, 2.75) is 59.5 Å². The average Bonchev–Trinajstić information content (AvgIpc) is 2.43. The van der Waals surface area contributed by atoms with Crippen molar-refractivity contribution >= 4 is 23.6 Å². The Hall–Kier alpha value is -0.710. The van der Waals surface area contributed by atoms with Crippen LogP contribution in [0.2, 0.25) is 0 Å². The van der Waals surface area contributed by atoms with Crippen LogP contribution in [0, 0.1) is 5.41 Å². The first kappa shape index (κ1) is 17.3. The summed E-state index contributed by atoms with van der Waals surface area (Å²) in [6.07, 6.45) is 1.39. The van der Waals surface area contributed by atoms with Crippen molar-refractivity contribution in [3.05, 3.63) is 0 Å². The largest absolute Gasteiger partial charge is 0.344 e. The maximum Gasteiger partial charge on any atom is 0.245 e. The quantitative estimate of drug-likeness (QED) is 0.793. The van der Waals surface area contributed by atoms with Gasteiger partial charge in [-0.1, -0.05) is 27.7 Å². The van der Waals surface area contributed by atoms with E-state index >= 15 is 0 Å². The highest BCUT2D eigenvalue weighted by Gasteiger charge is 2.39. The zero-order chi connectivity index (χ0) is 15.3. The van der Waals surface area contributed by atoms with Gasteiger partial charge in [0.05, 0.1) is 0 Å². The van der Waals surface area contributed by atoms with Crippen LogP contribution < -0.4 is 5.32 Å². The fourth-order valence-electron chi connectivity index (χ4n) is 2.44. The van der Waals surface area contributed by atoms with Crippen LogP contribution in [0.25, 0.3) is 0 Å². The first-order valence-corrected chi connectivity index (χ1v) is 8.60. The van der Waals surface area contributed by atoms with Crippen molar-refractivity contribution in [2.75, 3.05) is 18.1 Å². The van der Waals surface area contributed by atoms with Crippen molar-refractivity contribution in [2.24, 2.45) is 5.41 Å². The normalized spacial score (nSPS) is 24.6. The summed E-state index contributed by atoms with van der Waals surface area (Å²) >= 11 is 1.89. The Morgan fingerprint density at radius 2 is 2.00 bits per heavy atom. The summed E-state index contributed by atoms with van der Waals surface area (Å²) in [7, 11) is 0. The van der Waals surface area contributed by atoms with Gasteiger partial charge < -0.3 is 10.2 Å². The molecule has 1 saturated heterocycles. The third kappa shape index (κ3) is 4.69. The van der Waals surface area contributed by atoms with Gasteiger partial charge in [0.2, 0.25) is 11.8 Å². The van der Waals surface area contributed by atoms with E-state index in [4.69, 9.17) is 0 Å². The molecule has 0 aromatic carbocycles. The average molecular weight is 300 g/mol. The lowest BCUT2D eigenvalue weighted by molar-refractivity contribution is -0.137. The second-order valence-corrected chi connectivity index (χ2v) is 7.90. The Kier molecular flexibility index (Phi) is 6.37. The monoisotopic (exact) mass is 300 g/mol. The molecule has 1 fully saturated rings. The Bertz CT molecular complexity index is 352. The molecule has 2 amide bonds. The number of hydrogen-bond donors (Lipinski definition) is 1. The van der Waals surface area contributed by atoms with Crippen LogP contribution in [0.1, 0.15) is 47.5 Å². The predicted octanol–water partition coefficient (Wildman–Crippen LogP) is 2.28. The number of nitrogens with zero attached hydrogens (tertiary/aromatic N) is 1. The van der Waals surface area contributed by atoms with Gasteiger partial charge in [-0.25, -0.2) is 0 Å². The van der Waals surface area contributed by atoms with E-state index in [1.54, 1.807) is 0 Å². The predicted molar refractivity (Wildman–Crippen MR) is 84.8 cm³/mol. The van der Waals surface area contributed by atoms with Crippen LogP contribution in [0.3, 0.4) is 0 Å². The Morgan fingerprint density at radius 3 is 2.55 bits per heavy atom. The van der Waals surface area contributed by atoms with Gasteiger partial charge in [-0.05, 0) is 30.3 Å². The van der Waals surface area contributed by atoms with Crippen LogP contribution in [0.4, 0.5) is 0 Å². The lowest BCUT2D eigenvalue weighted by Gasteiger charge is -2.34. The molecule has 0 radical (unpaired) electrons. The molecule has 1 aliphatic rings. The highest BCUT2D eigenvalue weighted by molar-refractivity contribution is 7.99. The molecule has 5 heteroatoms. The molecule has 0 bridgehead atoms. The molecule has 2 unspecified atom stereocenters. The number of thioether (sulfide) groups is 1. The summed E-state index contributed by atoms with van der Waals surface area (Å²) in [4.78, 5) is 26.5. The third-order valence-corrected chi connectivity index (χ3v) is 4.59. The number of hydrogen-bond acceptors (Lipinski definition) is 3. The van der Waals surface area contributed by atoms with Gasteiger partial charge in [-0.15, -0.1) is 0 Å². The maximum atomic E-state index is 12.7. The fourth-order valence-corrected chi connectivity index (χ4v) is 3.06. The number of carbonyl (C=O) groups excluding carboxylic acids is 2. The zero-order valence-electron chi connectivity index (χ0n) is 13.4. The first-order chi connectivity index (χ1) is 9.27. The van der Waals surface area contributed by atoms with E-state index in [0.29, 0.717) is 6.42 Å². The summed E-state index contributed by atoms with van der Waals surface area (Å²) in [5.74, 6) is 2.22. The summed E-state index contributed by atoms with van der Waals surface area (Å²) in [6, 6.07) is -0.430. The first-order valence-electron chi connectivity index (χ1n) is 7.45. The van der Waals surface area contributed by atoms with Crippen LogP contribution in [0.5, 0.6) is 0 Å². The van der Waals surface area contributed by atoms with Gasteiger partial charge >= 0.3 is 0 Å². The lowest BCUT2D eigenvalue weighted by Crippen LogP contribution is -2.52. The van der Waals surface area contributed by atoms with Crippen molar-refractivity contribution < 1.29 is 9.59 Å². The summed E-state index contributed by atoms with van der Waals surface area (Å²) < 4.78 is 0. The molecule has 4 nitrogen and oxygen atoms in total. The van der Waals surface area contributed by atoms with Crippen LogP contribution in [-0.2, 0) is 9.59 Å². The molecule has 1 heterocycles. The molecule has 1 aliphatic heterocycles. The minimum absolute atomic E-state index is 0.0125. The van der Waals surface area contributed by atoms with Gasteiger partial charge in [0.15, 0.2) is 0 Å². The molecule has 2 atom stereocenters. The molecule has 0 aromatic heterocycles. The van der Waals surface area contributed by atoms with Gasteiger partial charge in [0, 0.05) is 19.0 Å². The molecule has 0 aromatic rings. The van der Waals surface area contributed by atoms with Crippen molar-refractivity contribution in [1.82, 2.24) is 10.2 Å². The SMILES string of the molecule is CCSCCCN1C(=O)C(C(C)(C)C)NC(=O)CC1C. The van der Waals surface area contributed by atoms with Crippen molar-refractivity contribution in [3.63, 3.8) is 0 Å². The van der Waals surface area contributed by atoms with Crippen molar-refractivity contribution in [3.8, 4) is 0 Å². The summed E-state index contributed by atoms with van der Waals surface area (Å²) in [6.45, 7) is 10.8. The van der Waals surface area contributed by atoms with Gasteiger partial charge in [0.25, 0.3) is 0 Å². The van der Waals surface area contributed by atoms with Crippen LogP contribution in [-0.4, -0.2) is 46.8 Å². The third-order valence-electron chi connectivity index (χ3n) is 3.61. The second kappa shape index (κ2) is 7.34. The zero-order valence-corrected chi connectivity index (χ0v) is 14.2. The van der Waals surface area contributed by atoms with Gasteiger partial charge in [-0.3, -0.25) is 9.59 Å². The molecule has 1 N–H and O–H groups in total. The number of rotatable bonds is 5. The molecule has 0 spiro atoms. The minimum atomic E-state index is -0.418. The molecule has 0 aliphatic carbocycles. The molecular weight excluding hydrogens is 272 g/mol. The van der Waals surface area contributed by atoms with E-state index in [1.807, 2.05) is 44.4 Å². The highest BCUT2D eigenvalue weighted by atomic mass is 32.2. The Morgan fingerprint density at radius 1 is 1.35 bits per heavy atom. The van der Waals surface area contributed by atoms with Gasteiger partial charge in [-0.2, -0.15) is 11.8 Å². The smallest absolute Gasteiger partial charge is 0.245 e. The molecular formula is C15H28N2O2S. The van der Waals surface area contributed by atoms with E-state index < -0.39 is 6.04 Å². The fraction of sp³-hybridized carbons (Fsp3) is 0.867. The second-order valence-electron chi connectivity index (χ2n) is 6.50. The molecule has 1 rings (SSSR count). The Balaban J connectivity index is 2.78. The van der Waals surface area contributed by atoms with E-state index in [0.717, 1.165) is 24.5 Å². The maximum absolute atomic E-state index is 12.7. The van der Waals surface area contributed by atoms with E-state index in [2.05, 4.69) is 12.2 Å². The molecule has 0 saturated carbocycles. The van der Waals surface area contributed by atoms with E-state index in [9.17, 15) is 9.59 Å². The van der Waals surface area contributed by atoms with E-state index in [1.165, 1.54) is 0 Å². The topological polar surface area (TPSA) is 49.4 Å². The molecule has 20 heavy (non-hydrogen) atoms. The highest BCUT2D eigenvalue weighted by Crippen LogP contribution is 2.25.